The van der Waals surface area contributed by atoms with E-state index in [1.807, 2.05) is 19.9 Å². The molecule has 2 rings (SSSR count). The van der Waals surface area contributed by atoms with Gasteiger partial charge in [-0.25, -0.2) is 13.2 Å². The van der Waals surface area contributed by atoms with E-state index in [1.54, 1.807) is 19.1 Å². The molecule has 1 aliphatic rings. The fourth-order valence-corrected chi connectivity index (χ4v) is 4.33. The fraction of sp³-hybridized carbons (Fsp3) is 0.588. The van der Waals surface area contributed by atoms with E-state index in [-0.39, 0.29) is 23.9 Å². The van der Waals surface area contributed by atoms with E-state index in [0.717, 1.165) is 5.56 Å². The molecule has 0 aromatic heterocycles. The number of sulfonamides is 1. The molecule has 1 amide bonds. The molecular weight excluding hydrogens is 344 g/mol. The molecule has 0 atom stereocenters. The Balaban J connectivity index is 2.22. The highest BCUT2D eigenvalue weighted by molar-refractivity contribution is 7.89. The first-order valence-electron chi connectivity index (χ1n) is 8.41. The van der Waals surface area contributed by atoms with Crippen molar-refractivity contribution in [1.29, 1.82) is 0 Å². The number of rotatable bonds is 5. The van der Waals surface area contributed by atoms with Crippen molar-refractivity contribution in [3.05, 3.63) is 23.8 Å². The minimum atomic E-state index is -3.69. The van der Waals surface area contributed by atoms with Gasteiger partial charge >= 0.3 is 6.09 Å². The van der Waals surface area contributed by atoms with Crippen LogP contribution in [0.15, 0.2) is 23.1 Å². The van der Waals surface area contributed by atoms with Gasteiger partial charge < -0.3 is 14.4 Å². The Labute approximate surface area is 149 Å². The van der Waals surface area contributed by atoms with E-state index in [9.17, 15) is 13.2 Å². The third-order valence-electron chi connectivity index (χ3n) is 4.24. The summed E-state index contributed by atoms with van der Waals surface area (Å²) in [5, 5.41) is 0. The summed E-state index contributed by atoms with van der Waals surface area (Å²) in [5.74, 6) is 0.540. The Hall–Kier alpha value is -1.80. The summed E-state index contributed by atoms with van der Waals surface area (Å²) in [4.78, 5) is 13.5. The summed E-state index contributed by atoms with van der Waals surface area (Å²) < 4.78 is 37.7. The summed E-state index contributed by atoms with van der Waals surface area (Å²) in [7, 11) is -2.23. The summed E-state index contributed by atoms with van der Waals surface area (Å²) in [6, 6.07) is 5.24. The van der Waals surface area contributed by atoms with Gasteiger partial charge in [-0.2, -0.15) is 4.31 Å². The average molecular weight is 370 g/mol. The first kappa shape index (κ1) is 19.5. The Morgan fingerprint density at radius 1 is 1.20 bits per heavy atom. The van der Waals surface area contributed by atoms with Crippen molar-refractivity contribution in [2.45, 2.75) is 31.6 Å². The molecule has 8 heteroatoms. The summed E-state index contributed by atoms with van der Waals surface area (Å²) >= 11 is 0. The molecule has 0 spiro atoms. The van der Waals surface area contributed by atoms with E-state index < -0.39 is 16.1 Å². The molecule has 0 bridgehead atoms. The van der Waals surface area contributed by atoms with Crippen LogP contribution >= 0.6 is 0 Å². The van der Waals surface area contributed by atoms with Crippen LogP contribution in [0.5, 0.6) is 5.75 Å². The highest BCUT2D eigenvalue weighted by Crippen LogP contribution is 2.30. The maximum Gasteiger partial charge on any atom is 0.409 e. The van der Waals surface area contributed by atoms with Crippen LogP contribution in [-0.2, 0) is 14.8 Å². The van der Waals surface area contributed by atoms with Crippen molar-refractivity contribution in [3.63, 3.8) is 0 Å². The molecule has 140 valence electrons. The summed E-state index contributed by atoms with van der Waals surface area (Å²) in [6.45, 7) is 7.15. The van der Waals surface area contributed by atoms with Crippen LogP contribution in [0.2, 0.25) is 0 Å². The lowest BCUT2D eigenvalue weighted by molar-refractivity contribution is 0.0934. The topological polar surface area (TPSA) is 76.2 Å². The Morgan fingerprint density at radius 3 is 2.36 bits per heavy atom. The maximum atomic E-state index is 13.1. The highest BCUT2D eigenvalue weighted by Gasteiger charge is 2.32. The molecule has 1 heterocycles. The predicted molar refractivity (Wildman–Crippen MR) is 94.4 cm³/mol. The molecule has 0 N–H and O–H groups in total. The van der Waals surface area contributed by atoms with Crippen molar-refractivity contribution in [3.8, 4) is 5.75 Å². The third kappa shape index (κ3) is 4.24. The number of piperazine rings is 1. The van der Waals surface area contributed by atoms with E-state index in [2.05, 4.69) is 0 Å². The Kier molecular flexibility index (Phi) is 6.29. The Morgan fingerprint density at radius 2 is 1.84 bits per heavy atom. The second-order valence-electron chi connectivity index (χ2n) is 6.16. The standard InChI is InChI=1S/C17H26N2O5S/c1-5-24-17(20)18-8-10-19(11-9-18)25(21,22)16-12-14(13(2)3)6-7-15(16)23-4/h6-7,12-13H,5,8-11H2,1-4H3. The number of benzene rings is 1. The quantitative estimate of drug-likeness (QED) is 0.795. The van der Waals surface area contributed by atoms with Crippen molar-refractivity contribution in [2.75, 3.05) is 39.9 Å². The largest absolute Gasteiger partial charge is 0.495 e. The molecule has 1 aliphatic heterocycles. The van der Waals surface area contributed by atoms with Crippen molar-refractivity contribution < 1.29 is 22.7 Å². The van der Waals surface area contributed by atoms with Gasteiger partial charge in [0.1, 0.15) is 10.6 Å². The predicted octanol–water partition coefficient (Wildman–Crippen LogP) is 2.28. The number of nitrogens with zero attached hydrogens (tertiary/aromatic N) is 2. The van der Waals surface area contributed by atoms with Gasteiger partial charge in [0.05, 0.1) is 13.7 Å². The number of carbonyl (C=O) groups excluding carboxylic acids is 1. The van der Waals surface area contributed by atoms with Crippen LogP contribution < -0.4 is 4.74 Å². The molecule has 0 unspecified atom stereocenters. The zero-order chi connectivity index (χ0) is 18.6. The zero-order valence-corrected chi connectivity index (χ0v) is 16.0. The van der Waals surface area contributed by atoms with Gasteiger partial charge in [0.15, 0.2) is 0 Å². The van der Waals surface area contributed by atoms with Gasteiger partial charge in [0.25, 0.3) is 0 Å². The highest BCUT2D eigenvalue weighted by atomic mass is 32.2. The molecule has 1 fully saturated rings. The molecule has 7 nitrogen and oxygen atoms in total. The molecule has 1 saturated heterocycles. The van der Waals surface area contributed by atoms with Gasteiger partial charge in [0, 0.05) is 26.2 Å². The summed E-state index contributed by atoms with van der Waals surface area (Å²) in [6.07, 6.45) is -0.404. The second-order valence-corrected chi connectivity index (χ2v) is 8.06. The van der Waals surface area contributed by atoms with Crippen molar-refractivity contribution in [1.82, 2.24) is 9.21 Å². The zero-order valence-electron chi connectivity index (χ0n) is 15.2. The van der Waals surface area contributed by atoms with Gasteiger partial charge in [-0.3, -0.25) is 0 Å². The molecule has 0 saturated carbocycles. The van der Waals surface area contributed by atoms with E-state index >= 15 is 0 Å². The van der Waals surface area contributed by atoms with E-state index in [0.29, 0.717) is 25.4 Å². The minimum Gasteiger partial charge on any atom is -0.495 e. The normalized spacial score (nSPS) is 16.1. The van der Waals surface area contributed by atoms with Gasteiger partial charge in [0.2, 0.25) is 10.0 Å². The van der Waals surface area contributed by atoms with Crippen LogP contribution in [0.1, 0.15) is 32.3 Å². The molecule has 0 radical (unpaired) electrons. The van der Waals surface area contributed by atoms with Crippen molar-refractivity contribution >= 4 is 16.1 Å². The van der Waals surface area contributed by atoms with Crippen molar-refractivity contribution in [2.24, 2.45) is 0 Å². The third-order valence-corrected chi connectivity index (χ3v) is 6.16. The van der Waals surface area contributed by atoms with E-state index in [1.165, 1.54) is 16.3 Å². The molecule has 0 aliphatic carbocycles. The maximum absolute atomic E-state index is 13.1. The number of hydrogen-bond acceptors (Lipinski definition) is 5. The lowest BCUT2D eigenvalue weighted by atomic mass is 10.0. The van der Waals surface area contributed by atoms with Gasteiger partial charge in [-0.05, 0) is 30.5 Å². The smallest absolute Gasteiger partial charge is 0.409 e. The molecule has 25 heavy (non-hydrogen) atoms. The Bertz CT molecular complexity index is 710. The van der Waals surface area contributed by atoms with Crippen LogP contribution in [-0.4, -0.2) is 63.6 Å². The number of carbonyl (C=O) groups is 1. The van der Waals surface area contributed by atoms with Crippen LogP contribution in [0.3, 0.4) is 0 Å². The minimum absolute atomic E-state index is 0.172. The number of methoxy groups -OCH3 is 1. The molecular formula is C17H26N2O5S. The monoisotopic (exact) mass is 370 g/mol. The van der Waals surface area contributed by atoms with Gasteiger partial charge in [-0.1, -0.05) is 19.9 Å². The van der Waals surface area contributed by atoms with Crippen LogP contribution in [0, 0.1) is 0 Å². The first-order valence-corrected chi connectivity index (χ1v) is 9.85. The lowest BCUT2D eigenvalue weighted by Gasteiger charge is -2.33. The number of amides is 1. The summed E-state index contributed by atoms with van der Waals surface area (Å²) in [5.41, 5.74) is 0.935. The lowest BCUT2D eigenvalue weighted by Crippen LogP contribution is -2.50. The van der Waals surface area contributed by atoms with E-state index in [4.69, 9.17) is 9.47 Å². The number of ether oxygens (including phenoxy) is 2. The van der Waals surface area contributed by atoms with Crippen LogP contribution in [0.4, 0.5) is 4.79 Å². The average Bonchev–Trinajstić information content (AvgIpc) is 2.61. The second kappa shape index (κ2) is 8.05. The number of hydrogen-bond donors (Lipinski definition) is 0. The fourth-order valence-electron chi connectivity index (χ4n) is 2.72. The van der Waals surface area contributed by atoms with Gasteiger partial charge in [-0.15, -0.1) is 0 Å². The first-order chi connectivity index (χ1) is 11.8. The molecule has 1 aromatic carbocycles. The van der Waals surface area contributed by atoms with Crippen LogP contribution in [0.25, 0.3) is 0 Å². The molecule has 1 aromatic rings. The SMILES string of the molecule is CCOC(=O)N1CCN(S(=O)(=O)c2cc(C(C)C)ccc2OC)CC1.